The molecule has 5 nitrogen and oxygen atoms in total. The van der Waals surface area contributed by atoms with Crippen LogP contribution < -0.4 is 5.32 Å². The van der Waals surface area contributed by atoms with Gasteiger partial charge in [-0.3, -0.25) is 0 Å². The summed E-state index contributed by atoms with van der Waals surface area (Å²) in [6, 6.07) is 0.0460. The molecule has 0 fully saturated rings. The lowest BCUT2D eigenvalue weighted by Gasteiger charge is -2.14. The van der Waals surface area contributed by atoms with Gasteiger partial charge in [0.1, 0.15) is 9.84 Å². The molecule has 86 valence electrons. The number of sulfone groups is 1. The summed E-state index contributed by atoms with van der Waals surface area (Å²) in [7, 11) is -2.90. The third kappa shape index (κ3) is 4.67. The lowest BCUT2D eigenvalue weighted by Crippen LogP contribution is -2.22. The second-order valence-corrected chi connectivity index (χ2v) is 6.43. The Balaban J connectivity index is 2.60. The standard InChI is InChI=1S/C8H15N3O2S2/c1-3-9-7(4-5-15(2,12)13)8-6-10-11-14-8/h6-7,9H,3-5H2,1-2H3. The van der Waals surface area contributed by atoms with Gasteiger partial charge in [-0.15, -0.1) is 5.10 Å². The Bertz CT molecular complexity index is 375. The summed E-state index contributed by atoms with van der Waals surface area (Å²) in [6.07, 6.45) is 3.50. The molecule has 1 aromatic rings. The smallest absolute Gasteiger partial charge is 0.147 e. The van der Waals surface area contributed by atoms with E-state index in [1.165, 1.54) is 17.8 Å². The van der Waals surface area contributed by atoms with Crippen molar-refractivity contribution < 1.29 is 8.42 Å². The second-order valence-electron chi connectivity index (χ2n) is 3.35. The zero-order valence-electron chi connectivity index (χ0n) is 8.80. The van der Waals surface area contributed by atoms with Gasteiger partial charge in [0.25, 0.3) is 0 Å². The van der Waals surface area contributed by atoms with Crippen LogP contribution in [0.25, 0.3) is 0 Å². The van der Waals surface area contributed by atoms with E-state index in [4.69, 9.17) is 0 Å². The highest BCUT2D eigenvalue weighted by atomic mass is 32.2. The molecule has 1 unspecified atom stereocenters. The molecule has 1 atom stereocenters. The van der Waals surface area contributed by atoms with Crippen LogP contribution in [0.2, 0.25) is 0 Å². The highest BCUT2D eigenvalue weighted by Gasteiger charge is 2.15. The fourth-order valence-electron chi connectivity index (χ4n) is 1.25. The van der Waals surface area contributed by atoms with Gasteiger partial charge in [-0.2, -0.15) is 0 Å². The van der Waals surface area contributed by atoms with Crippen LogP contribution in [0.5, 0.6) is 0 Å². The highest BCUT2D eigenvalue weighted by Crippen LogP contribution is 2.19. The van der Waals surface area contributed by atoms with Gasteiger partial charge >= 0.3 is 0 Å². The Kier molecular flexibility index (Phi) is 4.62. The zero-order valence-corrected chi connectivity index (χ0v) is 10.4. The maximum Gasteiger partial charge on any atom is 0.147 e. The van der Waals surface area contributed by atoms with Crippen molar-refractivity contribution in [3.63, 3.8) is 0 Å². The monoisotopic (exact) mass is 249 g/mol. The molecule has 0 radical (unpaired) electrons. The SMILES string of the molecule is CCNC(CCS(C)(=O)=O)c1cnns1. The number of nitrogens with zero attached hydrogens (tertiary/aromatic N) is 2. The van der Waals surface area contributed by atoms with Gasteiger partial charge in [0, 0.05) is 12.3 Å². The first-order valence-electron chi connectivity index (χ1n) is 4.71. The van der Waals surface area contributed by atoms with Gasteiger partial charge in [0.15, 0.2) is 0 Å². The van der Waals surface area contributed by atoms with Crippen LogP contribution in [0, 0.1) is 0 Å². The minimum Gasteiger partial charge on any atom is -0.309 e. The Hall–Kier alpha value is -0.530. The summed E-state index contributed by atoms with van der Waals surface area (Å²) < 4.78 is 25.9. The number of hydrogen-bond donors (Lipinski definition) is 1. The fraction of sp³-hybridized carbons (Fsp3) is 0.750. The zero-order chi connectivity index (χ0) is 11.3. The first kappa shape index (κ1) is 12.5. The molecule has 1 N–H and O–H groups in total. The number of rotatable bonds is 6. The summed E-state index contributed by atoms with van der Waals surface area (Å²) in [5.74, 6) is 0.183. The highest BCUT2D eigenvalue weighted by molar-refractivity contribution is 7.90. The topological polar surface area (TPSA) is 72.0 Å². The van der Waals surface area contributed by atoms with Gasteiger partial charge in [0.2, 0.25) is 0 Å². The minimum atomic E-state index is -2.90. The third-order valence-corrected chi connectivity index (χ3v) is 3.70. The van der Waals surface area contributed by atoms with Crippen molar-refractivity contribution in [1.29, 1.82) is 0 Å². The van der Waals surface area contributed by atoms with Gasteiger partial charge in [-0.25, -0.2) is 8.42 Å². The van der Waals surface area contributed by atoms with Crippen LogP contribution in [0.15, 0.2) is 6.20 Å². The van der Waals surface area contributed by atoms with E-state index in [-0.39, 0.29) is 11.8 Å². The third-order valence-electron chi connectivity index (χ3n) is 1.95. The average molecular weight is 249 g/mol. The molecule has 0 aliphatic rings. The van der Waals surface area contributed by atoms with Crippen LogP contribution >= 0.6 is 11.5 Å². The van der Waals surface area contributed by atoms with Gasteiger partial charge < -0.3 is 5.32 Å². The van der Waals surface area contributed by atoms with Crippen molar-refractivity contribution in [3.8, 4) is 0 Å². The number of aromatic nitrogens is 2. The maximum absolute atomic E-state index is 11.1. The van der Waals surface area contributed by atoms with Crippen LogP contribution in [0.4, 0.5) is 0 Å². The summed E-state index contributed by atoms with van der Waals surface area (Å²) >= 11 is 1.30. The minimum absolute atomic E-state index is 0.0460. The molecule has 15 heavy (non-hydrogen) atoms. The summed E-state index contributed by atoms with van der Waals surface area (Å²) in [6.45, 7) is 2.79. The summed E-state index contributed by atoms with van der Waals surface area (Å²) in [5.41, 5.74) is 0. The van der Waals surface area contributed by atoms with E-state index >= 15 is 0 Å². The number of nitrogens with one attached hydrogen (secondary N) is 1. The van der Waals surface area contributed by atoms with Crippen LogP contribution in [0.1, 0.15) is 24.3 Å². The van der Waals surface area contributed by atoms with Gasteiger partial charge in [0.05, 0.1) is 16.8 Å². The molecule has 0 spiro atoms. The molecule has 0 amide bonds. The van der Waals surface area contributed by atoms with Crippen molar-refractivity contribution in [3.05, 3.63) is 11.1 Å². The van der Waals surface area contributed by atoms with Crippen LogP contribution in [0.3, 0.4) is 0 Å². The van der Waals surface area contributed by atoms with Gasteiger partial charge in [-0.05, 0) is 24.5 Å². The summed E-state index contributed by atoms with van der Waals surface area (Å²) in [4.78, 5) is 0.987. The first-order chi connectivity index (χ1) is 7.03. The Morgan fingerprint density at radius 1 is 1.60 bits per heavy atom. The molecule has 1 heterocycles. The van der Waals surface area contributed by atoms with Gasteiger partial charge in [-0.1, -0.05) is 11.4 Å². The molecular formula is C8H15N3O2S2. The van der Waals surface area contributed by atoms with Crippen molar-refractivity contribution in [2.75, 3.05) is 18.6 Å². The molecule has 0 aliphatic heterocycles. The molecule has 0 bridgehead atoms. The first-order valence-corrected chi connectivity index (χ1v) is 7.54. The van der Waals surface area contributed by atoms with E-state index in [9.17, 15) is 8.42 Å². The normalized spacial score (nSPS) is 14.0. The van der Waals surface area contributed by atoms with E-state index in [0.717, 1.165) is 11.4 Å². The lowest BCUT2D eigenvalue weighted by molar-refractivity contribution is 0.536. The Morgan fingerprint density at radius 3 is 2.80 bits per heavy atom. The lowest BCUT2D eigenvalue weighted by atomic mass is 10.2. The average Bonchev–Trinajstić information content (AvgIpc) is 2.63. The van der Waals surface area contributed by atoms with Crippen molar-refractivity contribution in [2.24, 2.45) is 0 Å². The molecule has 0 saturated heterocycles. The fourth-order valence-corrected chi connectivity index (χ4v) is 2.53. The quantitative estimate of drug-likeness (QED) is 0.800. The summed E-state index contributed by atoms with van der Waals surface area (Å²) in [5, 5.41) is 6.97. The van der Waals surface area contributed by atoms with E-state index in [0.29, 0.717) is 6.42 Å². The van der Waals surface area contributed by atoms with Crippen molar-refractivity contribution >= 4 is 21.4 Å². The van der Waals surface area contributed by atoms with Crippen LogP contribution in [-0.4, -0.2) is 36.6 Å². The molecule has 0 saturated carbocycles. The molecule has 7 heteroatoms. The van der Waals surface area contributed by atoms with E-state index in [2.05, 4.69) is 14.9 Å². The van der Waals surface area contributed by atoms with Crippen LogP contribution in [-0.2, 0) is 9.84 Å². The van der Waals surface area contributed by atoms with Crippen molar-refractivity contribution in [2.45, 2.75) is 19.4 Å². The largest absolute Gasteiger partial charge is 0.309 e. The molecule has 0 aromatic carbocycles. The van der Waals surface area contributed by atoms with E-state index in [1.807, 2.05) is 6.92 Å². The Labute approximate surface area is 94.0 Å². The van der Waals surface area contributed by atoms with Crippen molar-refractivity contribution in [1.82, 2.24) is 14.9 Å². The predicted molar refractivity (Wildman–Crippen MR) is 60.7 cm³/mol. The van der Waals surface area contributed by atoms with E-state index in [1.54, 1.807) is 6.20 Å². The predicted octanol–water partition coefficient (Wildman–Crippen LogP) is 0.623. The molecule has 1 rings (SSSR count). The molecule has 0 aliphatic carbocycles. The number of hydrogen-bond acceptors (Lipinski definition) is 6. The molecular weight excluding hydrogens is 234 g/mol. The van der Waals surface area contributed by atoms with E-state index < -0.39 is 9.84 Å². The Morgan fingerprint density at radius 2 is 2.33 bits per heavy atom. The molecule has 1 aromatic heterocycles. The second kappa shape index (κ2) is 5.53. The maximum atomic E-state index is 11.1.